The summed E-state index contributed by atoms with van der Waals surface area (Å²) in [6.07, 6.45) is 0. The van der Waals surface area contributed by atoms with Gasteiger partial charge in [-0.25, -0.2) is 4.39 Å². The van der Waals surface area contributed by atoms with Gasteiger partial charge in [-0.15, -0.1) is 0 Å². The Morgan fingerprint density at radius 3 is 2.23 bits per heavy atom. The number of para-hydroxylation sites is 2. The molecule has 3 aromatic carbocycles. The van der Waals surface area contributed by atoms with Gasteiger partial charge in [-0.3, -0.25) is 0 Å². The molecule has 152 valence electrons. The Kier molecular flexibility index (Phi) is 6.32. The van der Waals surface area contributed by atoms with E-state index in [1.165, 1.54) is 18.0 Å². The van der Waals surface area contributed by atoms with Gasteiger partial charge in [0.15, 0.2) is 0 Å². The molecular formula is C23H20ClFN4S. The van der Waals surface area contributed by atoms with Gasteiger partial charge in [-0.2, -0.15) is 5.26 Å². The summed E-state index contributed by atoms with van der Waals surface area (Å²) in [7, 11) is 0. The number of nitrogens with one attached hydrogen (secondary N) is 1. The summed E-state index contributed by atoms with van der Waals surface area (Å²) in [4.78, 5) is 5.40. The monoisotopic (exact) mass is 438 g/mol. The number of nitriles is 1. The van der Waals surface area contributed by atoms with Crippen molar-refractivity contribution in [1.82, 2.24) is 0 Å². The standard InChI is InChI=1S/C23H20ClFN4S/c24-18-7-10-22(20(25)15-18)28-11-13-29(14-12-28)23-4-2-1-3-21(23)27-30-19-8-5-17(16-26)6-9-19/h1-10,15,27H,11-14H2. The highest BCUT2D eigenvalue weighted by atomic mass is 35.5. The molecule has 1 heterocycles. The number of nitrogens with zero attached hydrogens (tertiary/aromatic N) is 3. The summed E-state index contributed by atoms with van der Waals surface area (Å²) in [6, 6.07) is 22.6. The van der Waals surface area contributed by atoms with E-state index in [0.29, 0.717) is 16.3 Å². The van der Waals surface area contributed by atoms with Gasteiger partial charge in [0.05, 0.1) is 28.7 Å². The Morgan fingerprint density at radius 2 is 1.57 bits per heavy atom. The van der Waals surface area contributed by atoms with Crippen LogP contribution in [-0.4, -0.2) is 26.2 Å². The molecular weight excluding hydrogens is 419 g/mol. The Bertz CT molecular complexity index is 1060. The van der Waals surface area contributed by atoms with Crippen LogP contribution in [-0.2, 0) is 0 Å². The molecule has 0 amide bonds. The summed E-state index contributed by atoms with van der Waals surface area (Å²) in [5.41, 5.74) is 3.39. The van der Waals surface area contributed by atoms with Crippen LogP contribution in [0.3, 0.4) is 0 Å². The molecule has 1 fully saturated rings. The number of halogens is 2. The van der Waals surface area contributed by atoms with Gasteiger partial charge in [-0.05, 0) is 66.5 Å². The van der Waals surface area contributed by atoms with Crippen molar-refractivity contribution >= 4 is 40.6 Å². The first kappa shape index (κ1) is 20.4. The molecule has 0 bridgehead atoms. The third kappa shape index (κ3) is 4.64. The molecule has 1 saturated heterocycles. The lowest BCUT2D eigenvalue weighted by Crippen LogP contribution is -2.47. The van der Waals surface area contributed by atoms with Gasteiger partial charge in [0.1, 0.15) is 5.82 Å². The minimum Gasteiger partial charge on any atom is -0.366 e. The number of hydrogen-bond acceptors (Lipinski definition) is 5. The highest BCUT2D eigenvalue weighted by Crippen LogP contribution is 2.32. The van der Waals surface area contributed by atoms with Gasteiger partial charge >= 0.3 is 0 Å². The zero-order chi connectivity index (χ0) is 20.9. The van der Waals surface area contributed by atoms with Crippen LogP contribution < -0.4 is 14.5 Å². The third-order valence-corrected chi connectivity index (χ3v) is 6.10. The van der Waals surface area contributed by atoms with E-state index >= 15 is 0 Å². The summed E-state index contributed by atoms with van der Waals surface area (Å²) in [5, 5.41) is 9.34. The predicted molar refractivity (Wildman–Crippen MR) is 123 cm³/mol. The first-order chi connectivity index (χ1) is 14.6. The van der Waals surface area contributed by atoms with Crippen LogP contribution in [0.25, 0.3) is 0 Å². The van der Waals surface area contributed by atoms with E-state index in [2.05, 4.69) is 32.7 Å². The number of rotatable bonds is 5. The Labute approximate surface area is 185 Å². The van der Waals surface area contributed by atoms with Crippen LogP contribution in [0.4, 0.5) is 21.5 Å². The Morgan fingerprint density at radius 1 is 0.900 bits per heavy atom. The second-order valence-electron chi connectivity index (χ2n) is 6.93. The normalized spacial score (nSPS) is 13.8. The van der Waals surface area contributed by atoms with Crippen LogP contribution in [0.15, 0.2) is 71.6 Å². The van der Waals surface area contributed by atoms with Crippen molar-refractivity contribution in [2.45, 2.75) is 4.90 Å². The van der Waals surface area contributed by atoms with Gasteiger partial charge in [0.25, 0.3) is 0 Å². The van der Waals surface area contributed by atoms with Crippen molar-refractivity contribution in [3.8, 4) is 6.07 Å². The van der Waals surface area contributed by atoms with Crippen molar-refractivity contribution in [2.24, 2.45) is 0 Å². The summed E-state index contributed by atoms with van der Waals surface area (Å²) in [6.45, 7) is 3.05. The Hall–Kier alpha value is -2.88. The zero-order valence-electron chi connectivity index (χ0n) is 16.2. The topological polar surface area (TPSA) is 42.3 Å². The average molecular weight is 439 g/mol. The van der Waals surface area contributed by atoms with Crippen LogP contribution in [0.1, 0.15) is 5.56 Å². The molecule has 30 heavy (non-hydrogen) atoms. The van der Waals surface area contributed by atoms with E-state index in [1.54, 1.807) is 12.1 Å². The lowest BCUT2D eigenvalue weighted by molar-refractivity contribution is 0.598. The van der Waals surface area contributed by atoms with E-state index in [4.69, 9.17) is 16.9 Å². The lowest BCUT2D eigenvalue weighted by Gasteiger charge is -2.38. The largest absolute Gasteiger partial charge is 0.366 e. The zero-order valence-corrected chi connectivity index (χ0v) is 17.8. The number of piperazine rings is 1. The summed E-state index contributed by atoms with van der Waals surface area (Å²) < 4.78 is 17.7. The maximum Gasteiger partial charge on any atom is 0.147 e. The molecule has 1 N–H and O–H groups in total. The van der Waals surface area contributed by atoms with E-state index in [9.17, 15) is 4.39 Å². The van der Waals surface area contributed by atoms with Gasteiger partial charge in [0.2, 0.25) is 0 Å². The summed E-state index contributed by atoms with van der Waals surface area (Å²) in [5.74, 6) is -0.281. The second kappa shape index (κ2) is 9.29. The van der Waals surface area contributed by atoms with E-state index in [1.807, 2.05) is 36.4 Å². The number of anilines is 3. The van der Waals surface area contributed by atoms with Crippen LogP contribution in [0.5, 0.6) is 0 Å². The molecule has 0 radical (unpaired) electrons. The van der Waals surface area contributed by atoms with Crippen LogP contribution in [0, 0.1) is 17.1 Å². The fraction of sp³-hybridized carbons (Fsp3) is 0.174. The molecule has 1 aliphatic rings. The average Bonchev–Trinajstić information content (AvgIpc) is 2.78. The smallest absolute Gasteiger partial charge is 0.147 e. The highest BCUT2D eigenvalue weighted by molar-refractivity contribution is 8.00. The van der Waals surface area contributed by atoms with Crippen molar-refractivity contribution in [1.29, 1.82) is 5.26 Å². The van der Waals surface area contributed by atoms with Crippen molar-refractivity contribution in [3.63, 3.8) is 0 Å². The SMILES string of the molecule is N#Cc1ccc(SNc2ccccc2N2CCN(c3ccc(Cl)cc3F)CC2)cc1. The van der Waals surface area contributed by atoms with Crippen molar-refractivity contribution in [2.75, 3.05) is 40.7 Å². The molecule has 3 aromatic rings. The molecule has 7 heteroatoms. The van der Waals surface area contributed by atoms with Crippen molar-refractivity contribution in [3.05, 3.63) is 83.1 Å². The second-order valence-corrected chi connectivity index (χ2v) is 8.24. The van der Waals surface area contributed by atoms with E-state index in [-0.39, 0.29) is 5.82 Å². The van der Waals surface area contributed by atoms with Gasteiger partial charge in [-0.1, -0.05) is 23.7 Å². The van der Waals surface area contributed by atoms with E-state index < -0.39 is 0 Å². The third-order valence-electron chi connectivity index (χ3n) is 5.04. The first-order valence-electron chi connectivity index (χ1n) is 9.61. The maximum atomic E-state index is 14.3. The van der Waals surface area contributed by atoms with Crippen LogP contribution in [0.2, 0.25) is 5.02 Å². The fourth-order valence-electron chi connectivity index (χ4n) is 3.47. The molecule has 0 unspecified atom stereocenters. The van der Waals surface area contributed by atoms with Crippen LogP contribution >= 0.6 is 23.5 Å². The number of hydrogen-bond donors (Lipinski definition) is 1. The molecule has 0 aromatic heterocycles. The minimum absolute atomic E-state index is 0.281. The predicted octanol–water partition coefficient (Wildman–Crippen LogP) is 5.80. The quantitative estimate of drug-likeness (QED) is 0.510. The molecule has 0 spiro atoms. The van der Waals surface area contributed by atoms with Crippen molar-refractivity contribution < 1.29 is 4.39 Å². The molecule has 0 aliphatic carbocycles. The molecule has 0 atom stereocenters. The first-order valence-corrected chi connectivity index (χ1v) is 10.8. The maximum absolute atomic E-state index is 14.3. The molecule has 4 nitrogen and oxygen atoms in total. The molecule has 0 saturated carbocycles. The van der Waals surface area contributed by atoms with E-state index in [0.717, 1.165) is 42.4 Å². The summed E-state index contributed by atoms with van der Waals surface area (Å²) >= 11 is 7.39. The molecule has 4 rings (SSSR count). The minimum atomic E-state index is -0.281. The molecule has 1 aliphatic heterocycles. The van der Waals surface area contributed by atoms with Gasteiger partial charge in [0, 0.05) is 36.1 Å². The fourth-order valence-corrected chi connectivity index (χ4v) is 4.30. The highest BCUT2D eigenvalue weighted by Gasteiger charge is 2.21. The lowest BCUT2D eigenvalue weighted by atomic mass is 10.2. The Balaban J connectivity index is 1.42. The van der Waals surface area contributed by atoms with Gasteiger partial charge < -0.3 is 14.5 Å². The number of benzene rings is 3.